The monoisotopic (exact) mass is 359 g/mol. The number of hydrogen-bond acceptors (Lipinski definition) is 4. The molecule has 0 aromatic heterocycles. The van der Waals surface area contributed by atoms with E-state index < -0.39 is 0 Å². The Bertz CT molecular complexity index is 960. The summed E-state index contributed by atoms with van der Waals surface area (Å²) in [5.41, 5.74) is 6.54. The zero-order chi connectivity index (χ0) is 19.8. The number of nitrogens with one attached hydrogen (secondary N) is 1. The van der Waals surface area contributed by atoms with Crippen molar-refractivity contribution in [3.05, 3.63) is 70.3 Å². The van der Waals surface area contributed by atoms with E-state index in [4.69, 9.17) is 5.26 Å². The average Bonchev–Trinajstić information content (AvgIpc) is 2.60. The van der Waals surface area contributed by atoms with Crippen molar-refractivity contribution in [1.82, 2.24) is 5.32 Å². The summed E-state index contributed by atoms with van der Waals surface area (Å²) >= 11 is 0. The van der Waals surface area contributed by atoms with E-state index in [1.165, 1.54) is 11.1 Å². The standard InChI is InChI=1S/C23H25N3O/c1-15-10-18-13-23(2,3)25-20(19(18)11-21(15)26(4)5)12-22(27)17-8-6-16(14-24)7-9-17/h6-12,25H,13H2,1-5H3/b20-12-. The number of ketones is 1. The van der Waals surface area contributed by atoms with Gasteiger partial charge in [-0.3, -0.25) is 4.79 Å². The lowest BCUT2D eigenvalue weighted by Gasteiger charge is -2.36. The predicted octanol–water partition coefficient (Wildman–Crippen LogP) is 4.08. The van der Waals surface area contributed by atoms with Crippen molar-refractivity contribution >= 4 is 17.2 Å². The fraction of sp³-hybridized carbons (Fsp3) is 0.304. The molecule has 0 radical (unpaired) electrons. The molecule has 0 spiro atoms. The number of hydrogen-bond donors (Lipinski definition) is 1. The topological polar surface area (TPSA) is 56.1 Å². The molecule has 0 fully saturated rings. The van der Waals surface area contributed by atoms with Gasteiger partial charge in [0.1, 0.15) is 0 Å². The summed E-state index contributed by atoms with van der Waals surface area (Å²) in [6, 6.07) is 13.2. The Kier molecular flexibility index (Phi) is 4.80. The molecule has 1 N–H and O–H groups in total. The van der Waals surface area contributed by atoms with Gasteiger partial charge in [-0.25, -0.2) is 0 Å². The van der Waals surface area contributed by atoms with Crippen molar-refractivity contribution in [2.75, 3.05) is 19.0 Å². The molecule has 0 amide bonds. The van der Waals surface area contributed by atoms with Crippen LogP contribution in [0.25, 0.3) is 5.70 Å². The first-order valence-corrected chi connectivity index (χ1v) is 9.06. The van der Waals surface area contributed by atoms with Crippen LogP contribution < -0.4 is 10.2 Å². The van der Waals surface area contributed by atoms with Crippen molar-refractivity contribution in [2.45, 2.75) is 32.7 Å². The zero-order valence-corrected chi connectivity index (χ0v) is 16.6. The quantitative estimate of drug-likeness (QED) is 0.663. The van der Waals surface area contributed by atoms with E-state index in [2.05, 4.69) is 49.2 Å². The fourth-order valence-electron chi connectivity index (χ4n) is 3.62. The molecule has 2 aromatic carbocycles. The molecule has 138 valence electrons. The van der Waals surface area contributed by atoms with E-state index >= 15 is 0 Å². The molecule has 2 aromatic rings. The van der Waals surface area contributed by atoms with Crippen molar-refractivity contribution < 1.29 is 4.79 Å². The number of aryl methyl sites for hydroxylation is 1. The van der Waals surface area contributed by atoms with Crippen molar-refractivity contribution in [3.63, 3.8) is 0 Å². The summed E-state index contributed by atoms with van der Waals surface area (Å²) in [6.07, 6.45) is 2.58. The molecular formula is C23H25N3O. The van der Waals surface area contributed by atoms with Gasteiger partial charge in [0.05, 0.1) is 11.6 Å². The van der Waals surface area contributed by atoms with Gasteiger partial charge in [-0.05, 0) is 68.7 Å². The molecule has 0 saturated carbocycles. The second kappa shape index (κ2) is 6.92. The van der Waals surface area contributed by atoms with E-state index in [1.54, 1.807) is 30.3 Å². The molecular weight excluding hydrogens is 334 g/mol. The smallest absolute Gasteiger partial charge is 0.187 e. The average molecular weight is 359 g/mol. The molecule has 4 heteroatoms. The first kappa shape index (κ1) is 18.7. The molecule has 1 aliphatic heterocycles. The summed E-state index contributed by atoms with van der Waals surface area (Å²) in [7, 11) is 4.06. The van der Waals surface area contributed by atoms with E-state index in [0.717, 1.165) is 23.4 Å². The Morgan fingerprint density at radius 2 is 1.89 bits per heavy atom. The molecule has 1 aliphatic rings. The third-order valence-corrected chi connectivity index (χ3v) is 4.87. The van der Waals surface area contributed by atoms with Crippen LogP contribution in [0.2, 0.25) is 0 Å². The normalized spacial score (nSPS) is 16.2. The molecule has 3 rings (SSSR count). The summed E-state index contributed by atoms with van der Waals surface area (Å²) in [5.74, 6) is -0.0717. The van der Waals surface area contributed by atoms with Gasteiger partial charge in [0.25, 0.3) is 0 Å². The maximum atomic E-state index is 12.8. The van der Waals surface area contributed by atoms with Gasteiger partial charge in [-0.1, -0.05) is 6.07 Å². The number of nitriles is 1. The van der Waals surface area contributed by atoms with E-state index in [1.807, 2.05) is 14.1 Å². The summed E-state index contributed by atoms with van der Waals surface area (Å²) in [4.78, 5) is 14.9. The number of benzene rings is 2. The van der Waals surface area contributed by atoms with E-state index in [-0.39, 0.29) is 11.3 Å². The second-order valence-corrected chi connectivity index (χ2v) is 7.99. The molecule has 0 saturated heterocycles. The summed E-state index contributed by atoms with van der Waals surface area (Å²) in [6.45, 7) is 6.41. The lowest BCUT2D eigenvalue weighted by atomic mass is 9.84. The van der Waals surface area contributed by atoms with Crippen LogP contribution in [0.1, 0.15) is 46.5 Å². The Labute approximate surface area is 161 Å². The van der Waals surface area contributed by atoms with Crippen molar-refractivity contribution in [3.8, 4) is 6.07 Å². The largest absolute Gasteiger partial charge is 0.379 e. The number of nitrogens with zero attached hydrogens (tertiary/aromatic N) is 2. The maximum absolute atomic E-state index is 12.8. The SMILES string of the molecule is Cc1cc2c(cc1N(C)C)/C(=C/C(=O)c1ccc(C#N)cc1)NC(C)(C)C2. The number of allylic oxidation sites excluding steroid dienone is 1. The van der Waals surface area contributed by atoms with Gasteiger partial charge in [-0.15, -0.1) is 0 Å². The van der Waals surface area contributed by atoms with Crippen LogP contribution in [0.5, 0.6) is 0 Å². The third-order valence-electron chi connectivity index (χ3n) is 4.87. The van der Waals surface area contributed by atoms with Gasteiger partial charge in [0, 0.05) is 48.2 Å². The first-order valence-electron chi connectivity index (χ1n) is 9.06. The predicted molar refractivity (Wildman–Crippen MR) is 110 cm³/mol. The fourth-order valence-corrected chi connectivity index (χ4v) is 3.62. The van der Waals surface area contributed by atoms with Crippen LogP contribution in [0.4, 0.5) is 5.69 Å². The highest BCUT2D eigenvalue weighted by Crippen LogP contribution is 2.34. The van der Waals surface area contributed by atoms with Crippen LogP contribution in [0, 0.1) is 18.3 Å². The Hall–Kier alpha value is -3.06. The Morgan fingerprint density at radius 3 is 2.48 bits per heavy atom. The highest BCUT2D eigenvalue weighted by atomic mass is 16.1. The molecule has 4 nitrogen and oxygen atoms in total. The molecule has 0 bridgehead atoms. The van der Waals surface area contributed by atoms with E-state index in [9.17, 15) is 4.79 Å². The van der Waals surface area contributed by atoms with Crippen LogP contribution in [-0.2, 0) is 6.42 Å². The summed E-state index contributed by atoms with van der Waals surface area (Å²) < 4.78 is 0. The molecule has 27 heavy (non-hydrogen) atoms. The second-order valence-electron chi connectivity index (χ2n) is 7.99. The lowest BCUT2D eigenvalue weighted by molar-refractivity contribution is 0.104. The number of rotatable bonds is 3. The van der Waals surface area contributed by atoms with Gasteiger partial charge < -0.3 is 10.2 Å². The Morgan fingerprint density at radius 1 is 1.22 bits per heavy atom. The van der Waals surface area contributed by atoms with Gasteiger partial charge in [0.2, 0.25) is 0 Å². The number of fused-ring (bicyclic) bond motifs is 1. The summed E-state index contributed by atoms with van der Waals surface area (Å²) in [5, 5.41) is 12.5. The van der Waals surface area contributed by atoms with Crippen LogP contribution in [-0.4, -0.2) is 25.4 Å². The van der Waals surface area contributed by atoms with Crippen LogP contribution in [0.3, 0.4) is 0 Å². The number of carbonyl (C=O) groups excluding carboxylic acids is 1. The van der Waals surface area contributed by atoms with Crippen molar-refractivity contribution in [1.29, 1.82) is 5.26 Å². The van der Waals surface area contributed by atoms with Crippen LogP contribution >= 0.6 is 0 Å². The number of anilines is 1. The van der Waals surface area contributed by atoms with Crippen LogP contribution in [0.15, 0.2) is 42.5 Å². The third kappa shape index (κ3) is 3.88. The highest BCUT2D eigenvalue weighted by Gasteiger charge is 2.29. The lowest BCUT2D eigenvalue weighted by Crippen LogP contribution is -2.44. The minimum absolute atomic E-state index is 0.0717. The van der Waals surface area contributed by atoms with Crippen molar-refractivity contribution in [2.24, 2.45) is 0 Å². The first-order chi connectivity index (χ1) is 12.7. The molecule has 0 atom stereocenters. The highest BCUT2D eigenvalue weighted by molar-refractivity contribution is 6.08. The number of carbonyl (C=O) groups is 1. The molecule has 0 aliphatic carbocycles. The Balaban J connectivity index is 2.06. The van der Waals surface area contributed by atoms with Gasteiger partial charge in [0.15, 0.2) is 5.78 Å². The van der Waals surface area contributed by atoms with Gasteiger partial charge >= 0.3 is 0 Å². The molecule has 1 heterocycles. The minimum atomic E-state index is -0.129. The maximum Gasteiger partial charge on any atom is 0.187 e. The molecule has 0 unspecified atom stereocenters. The zero-order valence-electron chi connectivity index (χ0n) is 16.6. The van der Waals surface area contributed by atoms with Gasteiger partial charge in [-0.2, -0.15) is 5.26 Å². The minimum Gasteiger partial charge on any atom is -0.379 e. The van der Waals surface area contributed by atoms with E-state index in [0.29, 0.717) is 11.1 Å².